The largest absolute Gasteiger partial charge is 0.298 e. The van der Waals surface area contributed by atoms with Gasteiger partial charge in [0, 0.05) is 11.6 Å². The normalized spacial score (nSPS) is 10.3. The van der Waals surface area contributed by atoms with E-state index in [1.165, 1.54) is 25.1 Å². The minimum Gasteiger partial charge on any atom is -0.298 e. The van der Waals surface area contributed by atoms with Crippen molar-refractivity contribution in [1.29, 1.82) is 0 Å². The van der Waals surface area contributed by atoms with Crippen molar-refractivity contribution < 1.29 is 9.18 Å². The smallest absolute Gasteiger partial charge is 0.267 e. The van der Waals surface area contributed by atoms with Gasteiger partial charge in [0.15, 0.2) is 5.78 Å². The Morgan fingerprint density at radius 2 is 1.89 bits per heavy atom. The van der Waals surface area contributed by atoms with E-state index in [2.05, 4.69) is 5.10 Å². The third-order valence-electron chi connectivity index (χ3n) is 2.38. The van der Waals surface area contributed by atoms with Crippen molar-refractivity contribution in [3.05, 3.63) is 52.6 Å². The van der Waals surface area contributed by atoms with Crippen LogP contribution >= 0.6 is 0 Å². The molecule has 1 aromatic heterocycles. The molecule has 0 bridgehead atoms. The van der Waals surface area contributed by atoms with Gasteiger partial charge in [-0.2, -0.15) is 5.10 Å². The topological polar surface area (TPSA) is 52.0 Å². The number of rotatable bonds is 3. The molecule has 18 heavy (non-hydrogen) atoms. The summed E-state index contributed by atoms with van der Waals surface area (Å²) in [6, 6.07) is 8.66. The lowest BCUT2D eigenvalue weighted by Gasteiger charge is -2.05. The van der Waals surface area contributed by atoms with Gasteiger partial charge in [-0.3, -0.25) is 9.59 Å². The van der Waals surface area contributed by atoms with E-state index in [-0.39, 0.29) is 23.7 Å². The molecule has 0 saturated carbocycles. The lowest BCUT2D eigenvalue weighted by molar-refractivity contribution is -0.117. The van der Waals surface area contributed by atoms with Gasteiger partial charge < -0.3 is 0 Å². The van der Waals surface area contributed by atoms with Crippen molar-refractivity contribution in [2.45, 2.75) is 13.5 Å². The Bertz CT molecular complexity index is 632. The van der Waals surface area contributed by atoms with Gasteiger partial charge in [0.05, 0.1) is 5.69 Å². The highest BCUT2D eigenvalue weighted by molar-refractivity contribution is 5.75. The predicted molar refractivity (Wildman–Crippen MR) is 64.6 cm³/mol. The molecule has 0 spiro atoms. The van der Waals surface area contributed by atoms with Gasteiger partial charge in [-0.25, -0.2) is 9.07 Å². The number of nitrogens with zero attached hydrogens (tertiary/aromatic N) is 2. The summed E-state index contributed by atoms with van der Waals surface area (Å²) in [4.78, 5) is 22.5. The summed E-state index contributed by atoms with van der Waals surface area (Å²) in [5, 5.41) is 4.07. The fraction of sp³-hybridized carbons (Fsp3) is 0.154. The van der Waals surface area contributed by atoms with Crippen molar-refractivity contribution in [2.75, 3.05) is 0 Å². The molecule has 0 atom stereocenters. The van der Waals surface area contributed by atoms with Crippen LogP contribution < -0.4 is 5.56 Å². The average Bonchev–Trinajstić information content (AvgIpc) is 2.32. The number of hydrogen-bond donors (Lipinski definition) is 0. The second-order valence-corrected chi connectivity index (χ2v) is 3.92. The van der Waals surface area contributed by atoms with Gasteiger partial charge in [-0.1, -0.05) is 0 Å². The Hall–Kier alpha value is -2.30. The molecule has 0 aliphatic heterocycles. The number of hydrogen-bond acceptors (Lipinski definition) is 3. The van der Waals surface area contributed by atoms with Crippen molar-refractivity contribution in [2.24, 2.45) is 0 Å². The van der Waals surface area contributed by atoms with Crippen molar-refractivity contribution in [3.63, 3.8) is 0 Å². The monoisotopic (exact) mass is 246 g/mol. The number of carbonyl (C=O) groups excluding carboxylic acids is 1. The van der Waals surface area contributed by atoms with Crippen LogP contribution in [-0.2, 0) is 11.3 Å². The zero-order valence-corrected chi connectivity index (χ0v) is 9.76. The van der Waals surface area contributed by atoms with Gasteiger partial charge >= 0.3 is 0 Å². The average molecular weight is 246 g/mol. The molecule has 0 unspecified atom stereocenters. The molecule has 0 saturated heterocycles. The number of ketones is 1. The maximum absolute atomic E-state index is 12.8. The molecule has 1 aromatic carbocycles. The highest BCUT2D eigenvalue weighted by Crippen LogP contribution is 2.15. The minimum absolute atomic E-state index is 0.0616. The first-order valence-electron chi connectivity index (χ1n) is 5.40. The van der Waals surface area contributed by atoms with Gasteiger partial charge in [0.1, 0.15) is 12.4 Å². The fourth-order valence-electron chi connectivity index (χ4n) is 1.55. The molecule has 2 aromatic rings. The molecule has 4 nitrogen and oxygen atoms in total. The molecular formula is C13H11FN2O2. The summed E-state index contributed by atoms with van der Waals surface area (Å²) in [5.41, 5.74) is 0.876. The molecule has 0 aliphatic rings. The molecule has 5 heteroatoms. The molecular weight excluding hydrogens is 235 g/mol. The van der Waals surface area contributed by atoms with E-state index >= 15 is 0 Å². The Balaban J connectivity index is 2.43. The maximum Gasteiger partial charge on any atom is 0.267 e. The standard InChI is InChI=1S/C13H11FN2O2/c1-9(17)8-16-13(18)7-6-12(15-16)10-2-4-11(14)5-3-10/h2-7H,8H2,1H3. The molecule has 2 rings (SSSR count). The lowest BCUT2D eigenvalue weighted by atomic mass is 10.1. The van der Waals surface area contributed by atoms with Crippen molar-refractivity contribution in [3.8, 4) is 11.3 Å². The van der Waals surface area contributed by atoms with E-state index < -0.39 is 0 Å². The van der Waals surface area contributed by atoms with E-state index in [1.54, 1.807) is 18.2 Å². The van der Waals surface area contributed by atoms with E-state index in [9.17, 15) is 14.0 Å². The molecule has 0 aliphatic carbocycles. The third-order valence-corrected chi connectivity index (χ3v) is 2.38. The zero-order chi connectivity index (χ0) is 13.1. The fourth-order valence-corrected chi connectivity index (χ4v) is 1.55. The second-order valence-electron chi connectivity index (χ2n) is 3.92. The van der Waals surface area contributed by atoms with Crippen LogP contribution in [0.5, 0.6) is 0 Å². The summed E-state index contributed by atoms with van der Waals surface area (Å²) in [7, 11) is 0. The molecule has 0 N–H and O–H groups in total. The van der Waals surface area contributed by atoms with Crippen LogP contribution in [0.1, 0.15) is 6.92 Å². The number of Topliss-reactive ketones (excluding diaryl/α,β-unsaturated/α-hetero) is 1. The Kier molecular flexibility index (Phi) is 3.32. The summed E-state index contributed by atoms with van der Waals surface area (Å²) in [6.45, 7) is 1.33. The molecule has 1 heterocycles. The number of aromatic nitrogens is 2. The first kappa shape index (κ1) is 12.2. The summed E-state index contributed by atoms with van der Waals surface area (Å²) in [5.74, 6) is -0.489. The van der Waals surface area contributed by atoms with E-state index in [0.29, 0.717) is 11.3 Å². The summed E-state index contributed by atoms with van der Waals surface area (Å²) in [6.07, 6.45) is 0. The van der Waals surface area contributed by atoms with E-state index in [1.807, 2.05) is 0 Å². The molecule has 0 fully saturated rings. The van der Waals surface area contributed by atoms with Crippen LogP contribution in [0.25, 0.3) is 11.3 Å². The van der Waals surface area contributed by atoms with Crippen molar-refractivity contribution in [1.82, 2.24) is 9.78 Å². The number of benzene rings is 1. The van der Waals surface area contributed by atoms with Crippen LogP contribution in [-0.4, -0.2) is 15.6 Å². The molecule has 92 valence electrons. The van der Waals surface area contributed by atoms with Crippen LogP contribution in [0.15, 0.2) is 41.2 Å². The SMILES string of the molecule is CC(=O)Cn1nc(-c2ccc(F)cc2)ccc1=O. The second kappa shape index (κ2) is 4.91. The summed E-state index contributed by atoms with van der Waals surface area (Å²) < 4.78 is 13.9. The zero-order valence-electron chi connectivity index (χ0n) is 9.76. The maximum atomic E-state index is 12.8. The third kappa shape index (κ3) is 2.68. The molecule has 0 amide bonds. The predicted octanol–water partition coefficient (Wildman–Crippen LogP) is 1.64. The van der Waals surface area contributed by atoms with E-state index in [0.717, 1.165) is 4.68 Å². The number of halogens is 1. The van der Waals surface area contributed by atoms with Crippen LogP contribution in [0.3, 0.4) is 0 Å². The number of carbonyl (C=O) groups is 1. The Morgan fingerprint density at radius 1 is 1.22 bits per heavy atom. The Labute approximate surface area is 103 Å². The van der Waals surface area contributed by atoms with Gasteiger partial charge in [0.25, 0.3) is 5.56 Å². The van der Waals surface area contributed by atoms with Gasteiger partial charge in [-0.05, 0) is 37.3 Å². The lowest BCUT2D eigenvalue weighted by Crippen LogP contribution is -2.25. The van der Waals surface area contributed by atoms with Crippen LogP contribution in [0.4, 0.5) is 4.39 Å². The molecule has 0 radical (unpaired) electrons. The van der Waals surface area contributed by atoms with Crippen LogP contribution in [0, 0.1) is 5.82 Å². The minimum atomic E-state index is -0.337. The quantitative estimate of drug-likeness (QED) is 0.827. The highest BCUT2D eigenvalue weighted by Gasteiger charge is 2.05. The first-order valence-corrected chi connectivity index (χ1v) is 5.40. The Morgan fingerprint density at radius 3 is 2.50 bits per heavy atom. The summed E-state index contributed by atoms with van der Waals surface area (Å²) >= 11 is 0. The first-order chi connectivity index (χ1) is 8.56. The van der Waals surface area contributed by atoms with E-state index in [4.69, 9.17) is 0 Å². The van der Waals surface area contributed by atoms with Gasteiger partial charge in [-0.15, -0.1) is 0 Å². The van der Waals surface area contributed by atoms with Crippen molar-refractivity contribution >= 4 is 5.78 Å². The highest BCUT2D eigenvalue weighted by atomic mass is 19.1. The van der Waals surface area contributed by atoms with Gasteiger partial charge in [0.2, 0.25) is 0 Å². The van der Waals surface area contributed by atoms with Crippen LogP contribution in [0.2, 0.25) is 0 Å².